The molecule has 0 heterocycles. The van der Waals surface area contributed by atoms with E-state index in [1.807, 2.05) is 61.5 Å². The Balaban J connectivity index is 1.91. The number of carbonyl (C=O) groups is 2. The Morgan fingerprint density at radius 1 is 0.784 bits per heavy atom. The second kappa shape index (κ2) is 13.8. The first kappa shape index (κ1) is 27.4. The second-order valence-corrected chi connectivity index (χ2v) is 8.31. The normalized spacial score (nSPS) is 11.2. The molecule has 3 rings (SSSR count). The van der Waals surface area contributed by atoms with Crippen molar-refractivity contribution >= 4 is 11.8 Å². The van der Waals surface area contributed by atoms with E-state index in [-0.39, 0.29) is 25.0 Å². The predicted molar refractivity (Wildman–Crippen MR) is 141 cm³/mol. The molecule has 3 aromatic carbocycles. The number of ether oxygens (including phenoxy) is 4. The first-order valence-electron chi connectivity index (χ1n) is 12.1. The average Bonchev–Trinajstić information content (AvgIpc) is 2.94. The van der Waals surface area contributed by atoms with Gasteiger partial charge in [0.05, 0.1) is 21.3 Å². The molecule has 0 radical (unpaired) electrons. The zero-order chi connectivity index (χ0) is 26.6. The van der Waals surface area contributed by atoms with Crippen molar-refractivity contribution in [3.63, 3.8) is 0 Å². The molecule has 0 bridgehead atoms. The zero-order valence-corrected chi connectivity index (χ0v) is 21.7. The molecule has 0 fully saturated rings. The van der Waals surface area contributed by atoms with Gasteiger partial charge in [0.15, 0.2) is 6.61 Å². The average molecular weight is 507 g/mol. The third-order valence-electron chi connectivity index (χ3n) is 5.80. The maximum atomic E-state index is 13.7. The van der Waals surface area contributed by atoms with E-state index in [9.17, 15) is 9.59 Å². The van der Waals surface area contributed by atoms with Gasteiger partial charge in [0.25, 0.3) is 5.91 Å². The lowest BCUT2D eigenvalue weighted by molar-refractivity contribution is -0.142. The van der Waals surface area contributed by atoms with Gasteiger partial charge in [-0.15, -0.1) is 0 Å². The molecule has 0 aromatic heterocycles. The minimum atomic E-state index is -0.746. The Morgan fingerprint density at radius 3 is 2.03 bits per heavy atom. The summed E-state index contributed by atoms with van der Waals surface area (Å²) in [5.74, 6) is 1.60. The number of likely N-dealkylation sites (N-methyl/N-ethyl adjacent to an activating group) is 1. The van der Waals surface area contributed by atoms with Gasteiger partial charge in [0, 0.05) is 37.7 Å². The van der Waals surface area contributed by atoms with Crippen LogP contribution < -0.4 is 24.3 Å². The molecule has 196 valence electrons. The molecular weight excluding hydrogens is 472 g/mol. The Bertz CT molecular complexity index is 1150. The van der Waals surface area contributed by atoms with Crippen molar-refractivity contribution in [1.82, 2.24) is 10.2 Å². The first-order valence-corrected chi connectivity index (χ1v) is 12.1. The topological polar surface area (TPSA) is 86.3 Å². The van der Waals surface area contributed by atoms with E-state index in [1.54, 1.807) is 44.4 Å². The van der Waals surface area contributed by atoms with Crippen LogP contribution in [0.1, 0.15) is 18.1 Å². The van der Waals surface area contributed by atoms with E-state index in [2.05, 4.69) is 5.32 Å². The molecule has 0 saturated carbocycles. The summed E-state index contributed by atoms with van der Waals surface area (Å²) in [6.07, 6.45) is 0.357. The van der Waals surface area contributed by atoms with Crippen molar-refractivity contribution in [1.29, 1.82) is 0 Å². The summed E-state index contributed by atoms with van der Waals surface area (Å²) in [6, 6.07) is 21.4. The van der Waals surface area contributed by atoms with Crippen LogP contribution in [0.2, 0.25) is 0 Å². The number of rotatable bonds is 13. The lowest BCUT2D eigenvalue weighted by Crippen LogP contribution is -2.51. The second-order valence-electron chi connectivity index (χ2n) is 8.31. The van der Waals surface area contributed by atoms with Crippen LogP contribution in [0, 0.1) is 0 Å². The maximum absolute atomic E-state index is 13.7. The van der Waals surface area contributed by atoms with Crippen LogP contribution in [-0.4, -0.2) is 57.2 Å². The molecule has 0 aliphatic rings. The molecule has 0 spiro atoms. The van der Waals surface area contributed by atoms with E-state index >= 15 is 0 Å². The standard InChI is InChI=1S/C29H34N2O6/c1-5-30-29(33)27(15-21-10-7-6-8-11-21)31(19-22-12-9-13-23(14-22)34-2)28(32)20-37-26-17-24(35-3)16-25(18-26)36-4/h6-14,16-18,27H,5,15,19-20H2,1-4H3,(H,30,33)/t27-/m1/s1. The van der Waals surface area contributed by atoms with Gasteiger partial charge in [0.1, 0.15) is 29.0 Å². The van der Waals surface area contributed by atoms with E-state index < -0.39 is 6.04 Å². The highest BCUT2D eigenvalue weighted by Gasteiger charge is 2.30. The van der Waals surface area contributed by atoms with Gasteiger partial charge in [-0.2, -0.15) is 0 Å². The number of hydrogen-bond donors (Lipinski definition) is 1. The van der Waals surface area contributed by atoms with Crippen LogP contribution in [0.4, 0.5) is 0 Å². The van der Waals surface area contributed by atoms with Gasteiger partial charge in [-0.25, -0.2) is 0 Å². The molecule has 1 N–H and O–H groups in total. The van der Waals surface area contributed by atoms with Crippen molar-refractivity contribution in [2.45, 2.75) is 25.9 Å². The van der Waals surface area contributed by atoms with E-state index in [4.69, 9.17) is 18.9 Å². The largest absolute Gasteiger partial charge is 0.497 e. The SMILES string of the molecule is CCNC(=O)[C@@H](Cc1ccccc1)N(Cc1cccc(OC)c1)C(=O)COc1cc(OC)cc(OC)c1. The van der Waals surface area contributed by atoms with Gasteiger partial charge < -0.3 is 29.2 Å². The van der Waals surface area contributed by atoms with E-state index in [1.165, 1.54) is 0 Å². The summed E-state index contributed by atoms with van der Waals surface area (Å²) >= 11 is 0. The van der Waals surface area contributed by atoms with Crippen molar-refractivity contribution in [3.05, 3.63) is 83.9 Å². The van der Waals surface area contributed by atoms with Crippen LogP contribution in [0.3, 0.4) is 0 Å². The Morgan fingerprint density at radius 2 is 1.41 bits per heavy atom. The summed E-state index contributed by atoms with van der Waals surface area (Å²) in [6.45, 7) is 2.23. The van der Waals surface area contributed by atoms with Gasteiger partial charge in [-0.1, -0.05) is 42.5 Å². The van der Waals surface area contributed by atoms with E-state index in [0.29, 0.717) is 36.0 Å². The van der Waals surface area contributed by atoms with Gasteiger partial charge in [-0.3, -0.25) is 9.59 Å². The van der Waals surface area contributed by atoms with Gasteiger partial charge in [0.2, 0.25) is 5.91 Å². The van der Waals surface area contributed by atoms with Crippen LogP contribution in [0.5, 0.6) is 23.0 Å². The molecule has 8 heteroatoms. The summed E-state index contributed by atoms with van der Waals surface area (Å²) in [7, 11) is 4.67. The fourth-order valence-corrected chi connectivity index (χ4v) is 3.91. The highest BCUT2D eigenvalue weighted by molar-refractivity contribution is 5.88. The molecule has 0 unspecified atom stereocenters. The number of amides is 2. The molecule has 0 aliphatic heterocycles. The smallest absolute Gasteiger partial charge is 0.261 e. The highest BCUT2D eigenvalue weighted by Crippen LogP contribution is 2.27. The Hall–Kier alpha value is -4.20. The summed E-state index contributed by atoms with van der Waals surface area (Å²) in [4.78, 5) is 28.5. The van der Waals surface area contributed by atoms with Crippen LogP contribution in [0.25, 0.3) is 0 Å². The number of carbonyl (C=O) groups excluding carboxylic acids is 2. The molecule has 0 aliphatic carbocycles. The number of nitrogens with one attached hydrogen (secondary N) is 1. The van der Waals surface area contributed by atoms with Crippen LogP contribution in [-0.2, 0) is 22.6 Å². The van der Waals surface area contributed by atoms with Crippen molar-refractivity contribution < 1.29 is 28.5 Å². The fourth-order valence-electron chi connectivity index (χ4n) is 3.91. The molecule has 37 heavy (non-hydrogen) atoms. The lowest BCUT2D eigenvalue weighted by Gasteiger charge is -2.31. The monoisotopic (exact) mass is 506 g/mol. The van der Waals surface area contributed by atoms with Gasteiger partial charge in [-0.05, 0) is 30.2 Å². The van der Waals surface area contributed by atoms with Crippen LogP contribution >= 0.6 is 0 Å². The molecule has 8 nitrogen and oxygen atoms in total. The van der Waals surface area contributed by atoms with Crippen molar-refractivity contribution in [2.24, 2.45) is 0 Å². The maximum Gasteiger partial charge on any atom is 0.261 e. The predicted octanol–water partition coefficient (Wildman–Crippen LogP) is 3.87. The first-order chi connectivity index (χ1) is 18.0. The third-order valence-corrected chi connectivity index (χ3v) is 5.80. The summed E-state index contributed by atoms with van der Waals surface area (Å²) in [5, 5.41) is 2.88. The zero-order valence-electron chi connectivity index (χ0n) is 21.7. The summed E-state index contributed by atoms with van der Waals surface area (Å²) in [5.41, 5.74) is 1.78. The minimum Gasteiger partial charge on any atom is -0.497 e. The fraction of sp³-hybridized carbons (Fsp3) is 0.310. The Labute approximate surface area is 218 Å². The minimum absolute atomic E-state index is 0.204. The number of hydrogen-bond acceptors (Lipinski definition) is 6. The van der Waals surface area contributed by atoms with E-state index in [0.717, 1.165) is 11.1 Å². The molecule has 3 aromatic rings. The number of nitrogens with zero attached hydrogens (tertiary/aromatic N) is 1. The number of benzene rings is 3. The summed E-state index contributed by atoms with van der Waals surface area (Å²) < 4.78 is 21.8. The number of methoxy groups -OCH3 is 3. The van der Waals surface area contributed by atoms with Crippen molar-refractivity contribution in [3.8, 4) is 23.0 Å². The third kappa shape index (κ3) is 7.90. The van der Waals surface area contributed by atoms with Crippen LogP contribution in [0.15, 0.2) is 72.8 Å². The molecule has 0 saturated heterocycles. The highest BCUT2D eigenvalue weighted by atomic mass is 16.5. The van der Waals surface area contributed by atoms with Crippen molar-refractivity contribution in [2.75, 3.05) is 34.5 Å². The Kier molecular flexibility index (Phi) is 10.2. The lowest BCUT2D eigenvalue weighted by atomic mass is 10.0. The van der Waals surface area contributed by atoms with Gasteiger partial charge >= 0.3 is 0 Å². The molecule has 2 amide bonds. The molecular formula is C29H34N2O6. The molecule has 1 atom stereocenters. The quantitative estimate of drug-likeness (QED) is 0.379.